The van der Waals surface area contributed by atoms with E-state index in [4.69, 9.17) is 5.73 Å². The van der Waals surface area contributed by atoms with Crippen LogP contribution in [0.2, 0.25) is 0 Å². The van der Waals surface area contributed by atoms with Crippen LogP contribution in [0.1, 0.15) is 24.3 Å². The highest BCUT2D eigenvalue weighted by molar-refractivity contribution is 5.86. The van der Waals surface area contributed by atoms with Crippen molar-refractivity contribution in [1.82, 2.24) is 15.1 Å². The molecule has 0 aromatic carbocycles. The number of hydrogen-bond acceptors (Lipinski definition) is 4. The summed E-state index contributed by atoms with van der Waals surface area (Å²) in [5, 5.41) is 7.03. The van der Waals surface area contributed by atoms with E-state index in [9.17, 15) is 4.79 Å². The summed E-state index contributed by atoms with van der Waals surface area (Å²) in [5.74, 6) is 0.475. The molecule has 1 heterocycles. The summed E-state index contributed by atoms with van der Waals surface area (Å²) in [5.41, 5.74) is 6.44. The van der Waals surface area contributed by atoms with Crippen LogP contribution in [0.5, 0.6) is 0 Å². The maximum absolute atomic E-state index is 12.0. The van der Waals surface area contributed by atoms with Gasteiger partial charge in [0.05, 0.1) is 11.7 Å². The number of carbonyl (C=O) groups excluding carboxylic acids is 1. The Balaban J connectivity index is 2.97. The Morgan fingerprint density at radius 2 is 2.20 bits per heavy atom. The minimum Gasteiger partial charge on any atom is -0.383 e. The highest BCUT2D eigenvalue weighted by Crippen LogP contribution is 2.10. The first-order chi connectivity index (χ1) is 6.97. The number of nitrogens with two attached hydrogens (primary N) is 1. The first-order valence-electron chi connectivity index (χ1n) is 5.01. The van der Waals surface area contributed by atoms with E-state index in [0.717, 1.165) is 5.69 Å². The van der Waals surface area contributed by atoms with Crippen LogP contribution in [0.15, 0.2) is 6.07 Å². The molecule has 1 aromatic rings. The minimum absolute atomic E-state index is 0.113. The highest BCUT2D eigenvalue weighted by atomic mass is 16.2. The Bertz CT molecular complexity index is 356. The molecule has 3 N–H and O–H groups in total. The largest absolute Gasteiger partial charge is 0.383 e. The van der Waals surface area contributed by atoms with Gasteiger partial charge in [-0.05, 0) is 19.9 Å². The topological polar surface area (TPSA) is 72.9 Å². The second kappa shape index (κ2) is 4.44. The van der Waals surface area contributed by atoms with Gasteiger partial charge in [0.15, 0.2) is 0 Å². The predicted octanol–water partition coefficient (Wildman–Crippen LogP) is 0.658. The summed E-state index contributed by atoms with van der Waals surface area (Å²) >= 11 is 0. The molecule has 0 aliphatic carbocycles. The van der Waals surface area contributed by atoms with Crippen molar-refractivity contribution in [2.75, 3.05) is 12.8 Å². The molecule has 0 spiro atoms. The summed E-state index contributed by atoms with van der Waals surface area (Å²) in [6.07, 6.45) is 0. The van der Waals surface area contributed by atoms with E-state index in [1.807, 2.05) is 20.8 Å². The molecule has 0 amide bonds. The van der Waals surface area contributed by atoms with E-state index in [-0.39, 0.29) is 17.9 Å². The first-order valence-corrected chi connectivity index (χ1v) is 5.01. The van der Waals surface area contributed by atoms with Gasteiger partial charge in [-0.3, -0.25) is 4.79 Å². The summed E-state index contributed by atoms with van der Waals surface area (Å²) < 4.78 is 1.26. The third-order valence-electron chi connectivity index (χ3n) is 2.31. The van der Waals surface area contributed by atoms with Crippen LogP contribution in [0, 0.1) is 12.8 Å². The number of nitrogens with zero attached hydrogens (tertiary/aromatic N) is 2. The van der Waals surface area contributed by atoms with E-state index in [0.29, 0.717) is 5.82 Å². The molecule has 5 heteroatoms. The van der Waals surface area contributed by atoms with Gasteiger partial charge in [0.25, 0.3) is 5.91 Å². The zero-order valence-electron chi connectivity index (χ0n) is 9.61. The van der Waals surface area contributed by atoms with Crippen LogP contribution in [-0.2, 0) is 0 Å². The fourth-order valence-electron chi connectivity index (χ4n) is 1.57. The lowest BCUT2D eigenvalue weighted by Gasteiger charge is -2.18. The smallest absolute Gasteiger partial charge is 0.266 e. The molecule has 1 aromatic heterocycles. The van der Waals surface area contributed by atoms with Gasteiger partial charge in [0.2, 0.25) is 0 Å². The number of aromatic nitrogens is 2. The second-order valence-corrected chi connectivity index (χ2v) is 3.97. The van der Waals surface area contributed by atoms with Gasteiger partial charge in [0.1, 0.15) is 5.82 Å². The molecule has 1 unspecified atom stereocenters. The second-order valence-electron chi connectivity index (χ2n) is 3.97. The molecule has 1 rings (SSSR count). The Kier molecular flexibility index (Phi) is 3.47. The van der Waals surface area contributed by atoms with E-state index in [1.54, 1.807) is 13.1 Å². The van der Waals surface area contributed by atoms with Gasteiger partial charge in [0, 0.05) is 6.07 Å². The number of carbonyl (C=O) groups is 1. The number of anilines is 1. The molecule has 0 radical (unpaired) electrons. The van der Waals surface area contributed by atoms with Gasteiger partial charge in [-0.2, -0.15) is 9.78 Å². The minimum atomic E-state index is -0.258. The zero-order valence-corrected chi connectivity index (χ0v) is 9.61. The van der Waals surface area contributed by atoms with Crippen LogP contribution < -0.4 is 11.1 Å². The van der Waals surface area contributed by atoms with Crippen LogP contribution in [0.25, 0.3) is 0 Å². The molecule has 0 aliphatic rings. The average Bonchev–Trinajstić information content (AvgIpc) is 2.45. The molecular formula is C10H18N4O. The fraction of sp³-hybridized carbons (Fsp3) is 0.600. The van der Waals surface area contributed by atoms with Crippen molar-refractivity contribution in [2.45, 2.75) is 26.8 Å². The molecule has 15 heavy (non-hydrogen) atoms. The van der Waals surface area contributed by atoms with E-state index in [2.05, 4.69) is 10.4 Å². The van der Waals surface area contributed by atoms with Crippen molar-refractivity contribution in [1.29, 1.82) is 0 Å². The fourth-order valence-corrected chi connectivity index (χ4v) is 1.57. The monoisotopic (exact) mass is 210 g/mol. The molecular weight excluding hydrogens is 192 g/mol. The number of hydrogen-bond donors (Lipinski definition) is 2. The van der Waals surface area contributed by atoms with Crippen molar-refractivity contribution in [3.63, 3.8) is 0 Å². The van der Waals surface area contributed by atoms with E-state index in [1.165, 1.54) is 4.68 Å². The van der Waals surface area contributed by atoms with Gasteiger partial charge < -0.3 is 11.1 Å². The number of aryl methyl sites for hydroxylation is 1. The lowest BCUT2D eigenvalue weighted by Crippen LogP contribution is -2.42. The summed E-state index contributed by atoms with van der Waals surface area (Å²) in [6.45, 7) is 5.77. The van der Waals surface area contributed by atoms with Crippen LogP contribution >= 0.6 is 0 Å². The van der Waals surface area contributed by atoms with Crippen LogP contribution in [0.4, 0.5) is 5.82 Å². The predicted molar refractivity (Wildman–Crippen MR) is 59.7 cm³/mol. The Morgan fingerprint density at radius 3 is 2.53 bits per heavy atom. The normalized spacial score (nSPS) is 13.1. The van der Waals surface area contributed by atoms with Crippen molar-refractivity contribution in [3.8, 4) is 0 Å². The van der Waals surface area contributed by atoms with Crippen molar-refractivity contribution >= 4 is 11.7 Å². The summed E-state index contributed by atoms with van der Waals surface area (Å²) in [6, 6.07) is 1.43. The maximum Gasteiger partial charge on any atom is 0.266 e. The molecule has 84 valence electrons. The number of rotatable bonds is 3. The SMILES string of the molecule is CNC(C(=O)n1nc(C)cc1N)C(C)C. The molecule has 0 bridgehead atoms. The van der Waals surface area contributed by atoms with Crippen molar-refractivity contribution in [3.05, 3.63) is 11.8 Å². The number of nitrogen functional groups attached to an aromatic ring is 1. The van der Waals surface area contributed by atoms with Crippen molar-refractivity contribution in [2.24, 2.45) is 5.92 Å². The van der Waals surface area contributed by atoms with Crippen LogP contribution in [-0.4, -0.2) is 28.8 Å². The van der Waals surface area contributed by atoms with Gasteiger partial charge >= 0.3 is 0 Å². The molecule has 0 saturated heterocycles. The quantitative estimate of drug-likeness (QED) is 0.768. The molecule has 0 saturated carbocycles. The zero-order chi connectivity index (χ0) is 11.6. The third kappa shape index (κ3) is 2.36. The van der Waals surface area contributed by atoms with E-state index >= 15 is 0 Å². The van der Waals surface area contributed by atoms with Gasteiger partial charge in [-0.1, -0.05) is 13.8 Å². The Morgan fingerprint density at radius 1 is 1.60 bits per heavy atom. The Hall–Kier alpha value is -1.36. The average molecular weight is 210 g/mol. The standard InChI is InChI=1S/C10H18N4O/c1-6(2)9(12-4)10(15)14-8(11)5-7(3)13-14/h5-6,9,12H,11H2,1-4H3. The molecule has 1 atom stereocenters. The summed E-state index contributed by atoms with van der Waals surface area (Å²) in [4.78, 5) is 12.0. The number of likely N-dealkylation sites (N-methyl/N-ethyl adjacent to an activating group) is 1. The molecule has 0 fully saturated rings. The molecule has 0 aliphatic heterocycles. The third-order valence-corrected chi connectivity index (χ3v) is 2.31. The number of nitrogens with one attached hydrogen (secondary N) is 1. The maximum atomic E-state index is 12.0. The van der Waals surface area contributed by atoms with E-state index < -0.39 is 0 Å². The van der Waals surface area contributed by atoms with Crippen LogP contribution in [0.3, 0.4) is 0 Å². The van der Waals surface area contributed by atoms with Gasteiger partial charge in [-0.25, -0.2) is 0 Å². The van der Waals surface area contributed by atoms with Crippen molar-refractivity contribution < 1.29 is 4.79 Å². The Labute approximate surface area is 89.6 Å². The van der Waals surface area contributed by atoms with Gasteiger partial charge in [-0.15, -0.1) is 0 Å². The lowest BCUT2D eigenvalue weighted by molar-refractivity contribution is 0.0823. The first kappa shape index (κ1) is 11.7. The highest BCUT2D eigenvalue weighted by Gasteiger charge is 2.23. The lowest BCUT2D eigenvalue weighted by atomic mass is 10.0. The summed E-state index contributed by atoms with van der Waals surface area (Å²) in [7, 11) is 1.76. The molecule has 5 nitrogen and oxygen atoms in total.